The third kappa shape index (κ3) is 9.60. The SMILES string of the molecule is CCC(C)Oc1ccc([S+](c2ccccc2)c2ccc(OC(C)CC)cc2)cc1.O=S(=O)([O-])C(F)(F)F. The molecule has 3 aromatic carbocycles. The first-order chi connectivity index (χ1) is 17.4. The molecular formula is C27H31F3O5S2. The van der Waals surface area contributed by atoms with Crippen molar-refractivity contribution in [2.75, 3.05) is 0 Å². The molecule has 0 amide bonds. The van der Waals surface area contributed by atoms with Gasteiger partial charge in [0.1, 0.15) is 11.5 Å². The summed E-state index contributed by atoms with van der Waals surface area (Å²) in [6.45, 7) is 8.48. The molecule has 0 radical (unpaired) electrons. The van der Waals surface area contributed by atoms with Gasteiger partial charge in [-0.2, -0.15) is 13.2 Å². The van der Waals surface area contributed by atoms with Gasteiger partial charge in [0.15, 0.2) is 24.8 Å². The minimum Gasteiger partial charge on any atom is -0.741 e. The molecule has 0 aliphatic carbocycles. The molecule has 0 saturated carbocycles. The summed E-state index contributed by atoms with van der Waals surface area (Å²) in [5.74, 6) is 1.86. The highest BCUT2D eigenvalue weighted by atomic mass is 32.2. The smallest absolute Gasteiger partial charge is 0.485 e. The van der Waals surface area contributed by atoms with Crippen LogP contribution in [0.2, 0.25) is 0 Å². The highest BCUT2D eigenvalue weighted by Gasteiger charge is 2.37. The summed E-state index contributed by atoms with van der Waals surface area (Å²) < 4.78 is 70.8. The molecule has 10 heteroatoms. The normalized spacial score (nSPS) is 14.1. The average Bonchev–Trinajstić information content (AvgIpc) is 2.86. The van der Waals surface area contributed by atoms with E-state index in [-0.39, 0.29) is 23.1 Å². The first-order valence-corrected chi connectivity index (χ1v) is 14.3. The van der Waals surface area contributed by atoms with Crippen LogP contribution in [-0.2, 0) is 21.0 Å². The van der Waals surface area contributed by atoms with Crippen LogP contribution in [0.4, 0.5) is 13.2 Å². The zero-order valence-electron chi connectivity index (χ0n) is 21.1. The number of ether oxygens (including phenoxy) is 2. The Hall–Kier alpha value is -2.69. The van der Waals surface area contributed by atoms with Crippen LogP contribution in [0.5, 0.6) is 11.5 Å². The van der Waals surface area contributed by atoms with Crippen molar-refractivity contribution >= 4 is 21.0 Å². The van der Waals surface area contributed by atoms with Gasteiger partial charge in [-0.25, -0.2) is 8.42 Å². The average molecular weight is 557 g/mol. The van der Waals surface area contributed by atoms with Crippen molar-refractivity contribution in [3.05, 3.63) is 78.9 Å². The van der Waals surface area contributed by atoms with Crippen LogP contribution in [-0.4, -0.2) is 30.7 Å². The number of alkyl halides is 3. The van der Waals surface area contributed by atoms with Crippen LogP contribution in [0, 0.1) is 0 Å². The molecule has 202 valence electrons. The lowest BCUT2D eigenvalue weighted by atomic mass is 10.3. The lowest BCUT2D eigenvalue weighted by molar-refractivity contribution is -0.0517. The molecular weight excluding hydrogens is 525 g/mol. The van der Waals surface area contributed by atoms with Crippen molar-refractivity contribution in [1.82, 2.24) is 0 Å². The van der Waals surface area contributed by atoms with Crippen LogP contribution in [0.15, 0.2) is 93.5 Å². The summed E-state index contributed by atoms with van der Waals surface area (Å²) in [6, 6.07) is 27.8. The molecule has 0 aliphatic rings. The van der Waals surface area contributed by atoms with Gasteiger partial charge < -0.3 is 14.0 Å². The van der Waals surface area contributed by atoms with Crippen LogP contribution >= 0.6 is 0 Å². The summed E-state index contributed by atoms with van der Waals surface area (Å²) in [7, 11) is -6.26. The van der Waals surface area contributed by atoms with Gasteiger partial charge in [0.2, 0.25) is 0 Å². The summed E-state index contributed by atoms with van der Waals surface area (Å²) in [5.41, 5.74) is -5.65. The number of hydrogen-bond donors (Lipinski definition) is 0. The summed E-state index contributed by atoms with van der Waals surface area (Å²) in [5, 5.41) is 0. The zero-order chi connectivity index (χ0) is 27.6. The standard InChI is InChI=1S/C26H31O2S.CHF3O3S/c1-5-20(3)27-22-12-16-25(17-13-22)29(24-10-8-7-9-11-24)26-18-14-23(15-19-26)28-21(4)6-2;2-1(3,4)8(5,6)7/h7-21H,5-6H2,1-4H3;(H,5,6,7)/q+1;/p-1. The second-order valence-corrected chi connectivity index (χ2v) is 11.5. The van der Waals surface area contributed by atoms with E-state index in [9.17, 15) is 13.2 Å². The topological polar surface area (TPSA) is 75.7 Å². The maximum atomic E-state index is 10.7. The molecule has 0 aliphatic heterocycles. The largest absolute Gasteiger partial charge is 0.741 e. The molecule has 37 heavy (non-hydrogen) atoms. The highest BCUT2D eigenvalue weighted by molar-refractivity contribution is 7.97. The summed E-state index contributed by atoms with van der Waals surface area (Å²) in [4.78, 5) is 3.87. The molecule has 3 aromatic rings. The first kappa shape index (κ1) is 30.5. The van der Waals surface area contributed by atoms with Gasteiger partial charge in [0.25, 0.3) is 0 Å². The minimum absolute atomic E-state index is 0.171. The molecule has 5 nitrogen and oxygen atoms in total. The monoisotopic (exact) mass is 556 g/mol. The van der Waals surface area contributed by atoms with Gasteiger partial charge in [0, 0.05) is 0 Å². The number of hydrogen-bond acceptors (Lipinski definition) is 5. The predicted octanol–water partition coefficient (Wildman–Crippen LogP) is 7.19. The lowest BCUT2D eigenvalue weighted by Crippen LogP contribution is -2.21. The van der Waals surface area contributed by atoms with Gasteiger partial charge in [-0.15, -0.1) is 0 Å². The molecule has 0 N–H and O–H groups in total. The highest BCUT2D eigenvalue weighted by Crippen LogP contribution is 2.33. The first-order valence-electron chi connectivity index (χ1n) is 11.7. The maximum absolute atomic E-state index is 10.7. The maximum Gasteiger partial charge on any atom is 0.485 e. The quantitative estimate of drug-likeness (QED) is 0.158. The van der Waals surface area contributed by atoms with E-state index < -0.39 is 15.6 Å². The lowest BCUT2D eigenvalue weighted by Gasteiger charge is -2.14. The fourth-order valence-corrected chi connectivity index (χ4v) is 4.97. The van der Waals surface area contributed by atoms with Crippen LogP contribution in [0.3, 0.4) is 0 Å². The second-order valence-electron chi connectivity index (χ2n) is 8.14. The third-order valence-electron chi connectivity index (χ3n) is 5.21. The van der Waals surface area contributed by atoms with Crippen LogP contribution in [0.25, 0.3) is 0 Å². The van der Waals surface area contributed by atoms with Crippen LogP contribution < -0.4 is 9.47 Å². The summed E-state index contributed by atoms with van der Waals surface area (Å²) >= 11 is 0. The van der Waals surface area contributed by atoms with Gasteiger partial charge in [0.05, 0.1) is 23.1 Å². The van der Waals surface area contributed by atoms with E-state index in [4.69, 9.17) is 22.4 Å². The Morgan fingerprint density at radius 2 is 1.05 bits per heavy atom. The van der Waals surface area contributed by atoms with E-state index in [0.29, 0.717) is 0 Å². The Bertz CT molecular complexity index is 1130. The van der Waals surface area contributed by atoms with Crippen molar-refractivity contribution in [2.24, 2.45) is 0 Å². The van der Waals surface area contributed by atoms with Crippen molar-refractivity contribution in [3.63, 3.8) is 0 Å². The Balaban J connectivity index is 0.000000521. The predicted molar refractivity (Wildman–Crippen MR) is 138 cm³/mol. The van der Waals surface area contributed by atoms with Crippen molar-refractivity contribution in [2.45, 2.75) is 72.9 Å². The Morgan fingerprint density at radius 1 is 0.730 bits per heavy atom. The Morgan fingerprint density at radius 3 is 1.35 bits per heavy atom. The van der Waals surface area contributed by atoms with Gasteiger partial charge in [-0.05, 0) is 87.4 Å². The molecule has 0 saturated heterocycles. The minimum atomic E-state index is -6.09. The molecule has 0 heterocycles. The second kappa shape index (κ2) is 13.7. The van der Waals surface area contributed by atoms with Crippen molar-refractivity contribution < 1.29 is 35.6 Å². The molecule has 3 rings (SSSR count). The van der Waals surface area contributed by atoms with Crippen LogP contribution in [0.1, 0.15) is 40.5 Å². The molecule has 0 spiro atoms. The molecule has 0 fully saturated rings. The van der Waals surface area contributed by atoms with Gasteiger partial charge in [-0.1, -0.05) is 32.0 Å². The van der Waals surface area contributed by atoms with E-state index >= 15 is 0 Å². The van der Waals surface area contributed by atoms with E-state index in [2.05, 4.69) is 107 Å². The zero-order valence-corrected chi connectivity index (χ0v) is 22.7. The van der Waals surface area contributed by atoms with Gasteiger partial charge >= 0.3 is 5.51 Å². The number of benzene rings is 3. The molecule has 0 aromatic heterocycles. The fraction of sp³-hybridized carbons (Fsp3) is 0.333. The van der Waals surface area contributed by atoms with Crippen molar-refractivity contribution in [3.8, 4) is 11.5 Å². The van der Waals surface area contributed by atoms with E-state index in [1.165, 1.54) is 14.7 Å². The molecule has 0 bridgehead atoms. The Kier molecular flexibility index (Phi) is 11.3. The van der Waals surface area contributed by atoms with E-state index in [0.717, 1.165) is 24.3 Å². The van der Waals surface area contributed by atoms with Gasteiger partial charge in [-0.3, -0.25) is 0 Å². The fourth-order valence-electron chi connectivity index (χ4n) is 2.90. The number of rotatable bonds is 9. The van der Waals surface area contributed by atoms with E-state index in [1.807, 2.05) is 0 Å². The third-order valence-corrected chi connectivity index (χ3v) is 8.00. The molecule has 2 atom stereocenters. The van der Waals surface area contributed by atoms with E-state index in [1.54, 1.807) is 0 Å². The Labute approximate surface area is 219 Å². The summed E-state index contributed by atoms with van der Waals surface area (Å²) in [6.07, 6.45) is 2.46. The molecule has 2 unspecified atom stereocenters. The number of halogens is 3. The van der Waals surface area contributed by atoms with Crippen molar-refractivity contribution in [1.29, 1.82) is 0 Å².